The van der Waals surface area contributed by atoms with Gasteiger partial charge in [-0.1, -0.05) is 81.0 Å². The van der Waals surface area contributed by atoms with Crippen LogP contribution in [0, 0.1) is 0 Å². The fraction of sp³-hybridized carbons (Fsp3) is 0.240. The normalized spacial score (nSPS) is 19.0. The molecule has 0 spiro atoms. The van der Waals surface area contributed by atoms with E-state index in [1.54, 1.807) is 6.08 Å². The Hall–Kier alpha value is -2.87. The molecule has 140 valence electrons. The maximum absolute atomic E-state index is 12.8. The quantitative estimate of drug-likeness (QED) is 0.495. The molecule has 0 heterocycles. The molecule has 27 heavy (non-hydrogen) atoms. The Morgan fingerprint density at radius 3 is 2.44 bits per heavy atom. The van der Waals surface area contributed by atoms with Crippen molar-refractivity contribution >= 4 is 11.4 Å². The third kappa shape index (κ3) is 4.65. The highest BCUT2D eigenvalue weighted by Gasteiger charge is 2.28. The number of benzene rings is 1. The first-order valence-electron chi connectivity index (χ1n) is 9.55. The van der Waals surface area contributed by atoms with Crippen molar-refractivity contribution in [3.63, 3.8) is 0 Å². The summed E-state index contributed by atoms with van der Waals surface area (Å²) < 4.78 is 0. The Labute approximate surface area is 163 Å². The molecule has 1 aromatic carbocycles. The minimum absolute atomic E-state index is 0.104. The second kappa shape index (κ2) is 9.72. The molecule has 0 radical (unpaired) electrons. The second-order valence-electron chi connectivity index (χ2n) is 6.56. The average molecular weight is 360 g/mol. The van der Waals surface area contributed by atoms with Gasteiger partial charge in [0.15, 0.2) is 5.78 Å². The largest absolute Gasteiger partial charge is 0.398 e. The third-order valence-electron chi connectivity index (χ3n) is 4.67. The summed E-state index contributed by atoms with van der Waals surface area (Å²) in [7, 11) is 0. The molecule has 0 amide bonds. The van der Waals surface area contributed by atoms with E-state index in [1.165, 1.54) is 0 Å². The molecule has 0 fully saturated rings. The van der Waals surface area contributed by atoms with Crippen LogP contribution in [0.2, 0.25) is 0 Å². The van der Waals surface area contributed by atoms with Gasteiger partial charge in [0.2, 0.25) is 0 Å². The van der Waals surface area contributed by atoms with Crippen LogP contribution in [-0.4, -0.2) is 5.78 Å². The van der Waals surface area contributed by atoms with Gasteiger partial charge in [0.1, 0.15) is 0 Å². The highest BCUT2D eigenvalue weighted by molar-refractivity contribution is 6.16. The van der Waals surface area contributed by atoms with Gasteiger partial charge in [0, 0.05) is 16.7 Å². The first-order valence-corrected chi connectivity index (χ1v) is 9.55. The number of rotatable bonds is 6. The summed E-state index contributed by atoms with van der Waals surface area (Å²) in [5.41, 5.74) is 11.9. The zero-order valence-corrected chi connectivity index (χ0v) is 16.6. The number of unbranched alkanes of at least 4 members (excludes halogenated alkanes) is 2. The fourth-order valence-electron chi connectivity index (χ4n) is 3.15. The summed E-state index contributed by atoms with van der Waals surface area (Å²) in [4.78, 5) is 12.8. The van der Waals surface area contributed by atoms with Crippen LogP contribution >= 0.6 is 0 Å². The van der Waals surface area contributed by atoms with Gasteiger partial charge < -0.3 is 5.73 Å². The number of hydrogen-bond acceptors (Lipinski definition) is 2. The van der Waals surface area contributed by atoms with Crippen molar-refractivity contribution in [3.05, 3.63) is 101 Å². The number of nitrogens with two attached hydrogens (primary N) is 1. The summed E-state index contributed by atoms with van der Waals surface area (Å²) in [6.45, 7) is 10.1. The Balaban J connectivity index is 2.62. The van der Waals surface area contributed by atoms with Gasteiger partial charge in [-0.3, -0.25) is 4.79 Å². The van der Waals surface area contributed by atoms with E-state index in [9.17, 15) is 4.79 Å². The first-order chi connectivity index (χ1) is 13.0. The van der Waals surface area contributed by atoms with E-state index in [-0.39, 0.29) is 5.78 Å². The molecular weight excluding hydrogens is 330 g/mol. The number of hydrogen-bond donors (Lipinski definition) is 1. The molecule has 1 aromatic rings. The molecule has 0 bridgehead atoms. The van der Waals surface area contributed by atoms with Gasteiger partial charge in [-0.2, -0.15) is 0 Å². The molecule has 2 nitrogen and oxygen atoms in total. The maximum atomic E-state index is 12.8. The molecule has 0 atom stereocenters. The van der Waals surface area contributed by atoms with Crippen LogP contribution in [0.4, 0.5) is 0 Å². The van der Waals surface area contributed by atoms with Crippen LogP contribution in [0.5, 0.6) is 0 Å². The molecule has 2 N–H and O–H groups in total. The lowest BCUT2D eigenvalue weighted by atomic mass is 9.81. The maximum Gasteiger partial charge on any atom is 0.195 e. The van der Waals surface area contributed by atoms with Gasteiger partial charge >= 0.3 is 0 Å². The van der Waals surface area contributed by atoms with Crippen LogP contribution in [0.3, 0.4) is 0 Å². The number of carbonyl (C=O) groups is 1. The van der Waals surface area contributed by atoms with Crippen molar-refractivity contribution in [1.29, 1.82) is 0 Å². The molecular formula is C25H29NO. The van der Waals surface area contributed by atoms with E-state index in [0.717, 1.165) is 41.5 Å². The Morgan fingerprint density at radius 2 is 1.85 bits per heavy atom. The molecule has 1 aliphatic rings. The van der Waals surface area contributed by atoms with Gasteiger partial charge in [-0.15, -0.1) is 0 Å². The second-order valence-corrected chi connectivity index (χ2v) is 6.56. The average Bonchev–Trinajstić information content (AvgIpc) is 2.69. The van der Waals surface area contributed by atoms with Crippen LogP contribution in [0.1, 0.15) is 45.6 Å². The fourth-order valence-corrected chi connectivity index (χ4v) is 3.15. The lowest BCUT2D eigenvalue weighted by Gasteiger charge is -2.23. The van der Waals surface area contributed by atoms with Crippen LogP contribution in [-0.2, 0) is 4.79 Å². The van der Waals surface area contributed by atoms with Crippen LogP contribution in [0.25, 0.3) is 5.57 Å². The van der Waals surface area contributed by atoms with Crippen molar-refractivity contribution in [2.75, 3.05) is 0 Å². The van der Waals surface area contributed by atoms with E-state index < -0.39 is 0 Å². The van der Waals surface area contributed by atoms with E-state index in [4.69, 9.17) is 5.73 Å². The predicted molar refractivity (Wildman–Crippen MR) is 116 cm³/mol. The minimum Gasteiger partial charge on any atom is -0.398 e. The van der Waals surface area contributed by atoms with Crippen LogP contribution in [0.15, 0.2) is 95.3 Å². The number of carbonyl (C=O) groups excluding carboxylic acids is 1. The molecule has 2 heteroatoms. The highest BCUT2D eigenvalue weighted by atomic mass is 16.1. The SMILES string of the molecule is C=C1C(=O)C(/C=C\C)=C(N)C(=C/CCCC)/C1=C/C(=C\C)c1ccccc1. The van der Waals surface area contributed by atoms with Crippen molar-refractivity contribution in [2.45, 2.75) is 40.0 Å². The minimum atomic E-state index is -0.104. The summed E-state index contributed by atoms with van der Waals surface area (Å²) in [5, 5.41) is 0. The lowest BCUT2D eigenvalue weighted by molar-refractivity contribution is -0.111. The third-order valence-corrected chi connectivity index (χ3v) is 4.67. The van der Waals surface area contributed by atoms with E-state index in [2.05, 4.69) is 31.7 Å². The molecule has 0 saturated carbocycles. The van der Waals surface area contributed by atoms with E-state index in [1.807, 2.05) is 50.3 Å². The van der Waals surface area contributed by atoms with Gasteiger partial charge in [-0.05, 0) is 43.1 Å². The van der Waals surface area contributed by atoms with Crippen molar-refractivity contribution in [1.82, 2.24) is 0 Å². The summed E-state index contributed by atoms with van der Waals surface area (Å²) in [5.74, 6) is -0.104. The van der Waals surface area contributed by atoms with E-state index >= 15 is 0 Å². The van der Waals surface area contributed by atoms with E-state index in [0.29, 0.717) is 16.8 Å². The molecule has 0 aromatic heterocycles. The Kier molecular flexibility index (Phi) is 7.36. The van der Waals surface area contributed by atoms with Crippen molar-refractivity contribution < 1.29 is 4.79 Å². The Morgan fingerprint density at radius 1 is 1.15 bits per heavy atom. The van der Waals surface area contributed by atoms with Gasteiger partial charge in [0.25, 0.3) is 0 Å². The molecule has 2 rings (SSSR count). The van der Waals surface area contributed by atoms with Gasteiger partial charge in [0.05, 0.1) is 5.70 Å². The first kappa shape index (κ1) is 20.4. The zero-order valence-electron chi connectivity index (χ0n) is 16.6. The van der Waals surface area contributed by atoms with Gasteiger partial charge in [-0.25, -0.2) is 0 Å². The summed E-state index contributed by atoms with van der Waals surface area (Å²) >= 11 is 0. The number of allylic oxidation sites excluding steroid dienone is 9. The molecule has 1 aliphatic carbocycles. The van der Waals surface area contributed by atoms with Crippen molar-refractivity contribution in [3.8, 4) is 0 Å². The predicted octanol–water partition coefficient (Wildman–Crippen LogP) is 6.06. The summed E-state index contributed by atoms with van der Waals surface area (Å²) in [6, 6.07) is 10.1. The lowest BCUT2D eigenvalue weighted by Crippen LogP contribution is -2.22. The highest BCUT2D eigenvalue weighted by Crippen LogP contribution is 2.35. The van der Waals surface area contributed by atoms with Crippen LogP contribution < -0.4 is 5.73 Å². The summed E-state index contributed by atoms with van der Waals surface area (Å²) in [6.07, 6.45) is 13.0. The standard InChI is InChI=1S/C25H29NO/c1-5-8-10-16-21-23(17-19(7-3)20-14-11-9-12-15-20)18(4)25(27)22(13-6-2)24(21)26/h6-7,9,11-17H,4-5,8,10,26H2,1-3H3/b13-6-,19-7+,21-16+,23-17+. The smallest absolute Gasteiger partial charge is 0.195 e. The zero-order chi connectivity index (χ0) is 19.8. The molecule has 0 unspecified atom stereocenters. The Bertz CT molecular complexity index is 861. The molecule has 0 aliphatic heterocycles. The number of ketones is 1. The number of Topliss-reactive ketones (excluding diaryl/α,β-unsaturated/α-hetero) is 1. The topological polar surface area (TPSA) is 43.1 Å². The molecule has 0 saturated heterocycles. The monoisotopic (exact) mass is 359 g/mol. The van der Waals surface area contributed by atoms with Crippen molar-refractivity contribution in [2.24, 2.45) is 5.73 Å².